The fourth-order valence-corrected chi connectivity index (χ4v) is 5.14. The smallest absolute Gasteiger partial charge is 0.407 e. The van der Waals surface area contributed by atoms with Crippen molar-refractivity contribution >= 4 is 18.0 Å². The molecule has 0 saturated carbocycles. The first-order valence-corrected chi connectivity index (χ1v) is 13.7. The van der Waals surface area contributed by atoms with Crippen molar-refractivity contribution in [2.75, 3.05) is 6.61 Å². The number of H-pyrrole nitrogens is 1. The van der Waals surface area contributed by atoms with E-state index in [4.69, 9.17) is 9.47 Å². The predicted octanol–water partition coefficient (Wildman–Crippen LogP) is 4.03. The van der Waals surface area contributed by atoms with Crippen LogP contribution in [0, 0.1) is 0 Å². The molecule has 1 aliphatic carbocycles. The van der Waals surface area contributed by atoms with Crippen LogP contribution < -0.4 is 10.6 Å². The van der Waals surface area contributed by atoms with Gasteiger partial charge < -0.3 is 30.2 Å². The fraction of sp³-hybridized carbons (Fsp3) is 0.250. The van der Waals surface area contributed by atoms with Crippen LogP contribution in [0.15, 0.2) is 91.4 Å². The summed E-state index contributed by atoms with van der Waals surface area (Å²) in [4.78, 5) is 45.3. The number of amides is 2. The topological polar surface area (TPSA) is 143 Å². The molecular formula is C32H32N4O6. The molecule has 2 amide bonds. The molecular weight excluding hydrogens is 536 g/mol. The number of nitrogens with zero attached hydrogens (tertiary/aromatic N) is 1. The van der Waals surface area contributed by atoms with Crippen molar-refractivity contribution in [2.45, 2.75) is 44.1 Å². The number of aromatic amines is 1. The molecule has 3 atom stereocenters. The van der Waals surface area contributed by atoms with Gasteiger partial charge in [-0.15, -0.1) is 0 Å². The first-order valence-electron chi connectivity index (χ1n) is 13.7. The van der Waals surface area contributed by atoms with Crippen LogP contribution >= 0.6 is 0 Å². The number of benzene rings is 3. The second kappa shape index (κ2) is 13.1. The van der Waals surface area contributed by atoms with E-state index < -0.39 is 36.2 Å². The summed E-state index contributed by atoms with van der Waals surface area (Å²) in [7, 11) is 0. The van der Waals surface area contributed by atoms with Crippen LogP contribution in [0.4, 0.5) is 4.79 Å². The lowest BCUT2D eigenvalue weighted by Gasteiger charge is -2.25. The molecule has 10 nitrogen and oxygen atoms in total. The number of hydrogen-bond acceptors (Lipinski definition) is 6. The number of rotatable bonds is 12. The highest BCUT2D eigenvalue weighted by molar-refractivity contribution is 5.89. The highest BCUT2D eigenvalue weighted by Gasteiger charge is 2.33. The van der Waals surface area contributed by atoms with Gasteiger partial charge in [0.1, 0.15) is 12.6 Å². The molecule has 0 spiro atoms. The normalized spacial score (nSPS) is 14.2. The fourth-order valence-electron chi connectivity index (χ4n) is 5.14. The summed E-state index contributed by atoms with van der Waals surface area (Å²) in [5, 5.41) is 15.0. The summed E-state index contributed by atoms with van der Waals surface area (Å²) in [6, 6.07) is 22.8. The minimum absolute atomic E-state index is 0.0433. The standard InChI is InChI=1S/C32H32N4O6/c1-20(41-17-21-9-3-2-4-10-21)29(31(38)39)36-30(37)28(15-22-16-33-19-34-22)35-32(40)42-18-27-25-13-7-5-11-23(25)24-12-6-8-14-26(24)27/h2-14,16,19-20,27-29H,15,17-18H2,1H3,(H,33,34)(H,35,40)(H,36,37)(H,38,39)/t20-,28+,29+/m0/s1. The SMILES string of the molecule is C[C@H](OCc1ccccc1)[C@@H](NC(=O)[C@@H](Cc1cnc[nH]1)NC(=O)OCC1c2ccccc2-c2ccccc21)C(=O)O. The van der Waals surface area contributed by atoms with Crippen LogP contribution in [0.25, 0.3) is 11.1 Å². The first-order chi connectivity index (χ1) is 20.4. The third-order valence-corrected chi connectivity index (χ3v) is 7.32. The summed E-state index contributed by atoms with van der Waals surface area (Å²) in [5.74, 6) is -2.10. The average Bonchev–Trinajstić information content (AvgIpc) is 3.63. The van der Waals surface area contributed by atoms with Crippen molar-refractivity contribution < 1.29 is 29.0 Å². The largest absolute Gasteiger partial charge is 0.480 e. The zero-order chi connectivity index (χ0) is 29.5. The molecule has 5 rings (SSSR count). The van der Waals surface area contributed by atoms with E-state index >= 15 is 0 Å². The maximum absolute atomic E-state index is 13.4. The van der Waals surface area contributed by atoms with Crippen LogP contribution in [-0.2, 0) is 32.1 Å². The van der Waals surface area contributed by atoms with E-state index in [2.05, 4.69) is 20.6 Å². The zero-order valence-corrected chi connectivity index (χ0v) is 23.0. The third-order valence-electron chi connectivity index (χ3n) is 7.32. The van der Waals surface area contributed by atoms with Crippen molar-refractivity contribution in [3.63, 3.8) is 0 Å². The second-order valence-electron chi connectivity index (χ2n) is 10.1. The Labute approximate surface area is 243 Å². The van der Waals surface area contributed by atoms with Crippen molar-refractivity contribution in [1.29, 1.82) is 0 Å². The highest BCUT2D eigenvalue weighted by Crippen LogP contribution is 2.44. The van der Waals surface area contributed by atoms with Gasteiger partial charge >= 0.3 is 12.1 Å². The Hall–Kier alpha value is -4.96. The van der Waals surface area contributed by atoms with Gasteiger partial charge in [-0.2, -0.15) is 0 Å². The van der Waals surface area contributed by atoms with Gasteiger partial charge in [0, 0.05) is 24.2 Å². The van der Waals surface area contributed by atoms with Gasteiger partial charge in [0.05, 0.1) is 19.0 Å². The average molecular weight is 569 g/mol. The van der Waals surface area contributed by atoms with Gasteiger partial charge in [-0.3, -0.25) is 4.79 Å². The first kappa shape index (κ1) is 28.6. The number of carbonyl (C=O) groups excluding carboxylic acids is 2. The molecule has 0 aliphatic heterocycles. The lowest BCUT2D eigenvalue weighted by Crippen LogP contribution is -2.55. The van der Waals surface area contributed by atoms with Gasteiger partial charge in [0.15, 0.2) is 6.04 Å². The molecule has 0 unspecified atom stereocenters. The van der Waals surface area contributed by atoms with Crippen molar-refractivity contribution in [1.82, 2.24) is 20.6 Å². The Balaban J connectivity index is 1.24. The van der Waals surface area contributed by atoms with E-state index in [1.807, 2.05) is 78.9 Å². The number of carboxylic acid groups (broad SMARTS) is 1. The molecule has 0 fully saturated rings. The van der Waals surface area contributed by atoms with Gasteiger partial charge in [0.2, 0.25) is 5.91 Å². The molecule has 1 aromatic heterocycles. The Morgan fingerprint density at radius 1 is 0.929 bits per heavy atom. The van der Waals surface area contributed by atoms with Crippen LogP contribution in [-0.4, -0.2) is 57.8 Å². The van der Waals surface area contributed by atoms with Crippen LogP contribution in [0.5, 0.6) is 0 Å². The molecule has 0 bridgehead atoms. The number of nitrogens with one attached hydrogen (secondary N) is 3. The number of fused-ring (bicyclic) bond motifs is 3. The second-order valence-corrected chi connectivity index (χ2v) is 10.1. The minimum atomic E-state index is -1.35. The number of carbonyl (C=O) groups is 3. The van der Waals surface area contributed by atoms with Crippen molar-refractivity contribution in [3.8, 4) is 11.1 Å². The maximum Gasteiger partial charge on any atom is 0.407 e. The zero-order valence-electron chi connectivity index (χ0n) is 23.0. The number of imidazole rings is 1. The third kappa shape index (κ3) is 6.67. The number of aliphatic carboxylic acids is 1. The van der Waals surface area contributed by atoms with E-state index in [9.17, 15) is 19.5 Å². The summed E-state index contributed by atoms with van der Waals surface area (Å²) in [6.07, 6.45) is 1.38. The quantitative estimate of drug-likeness (QED) is 0.202. The predicted molar refractivity (Wildman–Crippen MR) is 155 cm³/mol. The molecule has 0 radical (unpaired) electrons. The number of aromatic nitrogens is 2. The van der Waals surface area contributed by atoms with E-state index in [1.54, 1.807) is 6.92 Å². The van der Waals surface area contributed by atoms with Crippen LogP contribution in [0.2, 0.25) is 0 Å². The molecule has 42 heavy (non-hydrogen) atoms. The molecule has 216 valence electrons. The Kier molecular flexibility index (Phi) is 8.93. The maximum atomic E-state index is 13.4. The minimum Gasteiger partial charge on any atom is -0.480 e. The molecule has 0 saturated heterocycles. The van der Waals surface area contributed by atoms with Gasteiger partial charge in [-0.1, -0.05) is 78.9 Å². The molecule has 1 aliphatic rings. The molecule has 4 N–H and O–H groups in total. The molecule has 1 heterocycles. The molecule has 4 aromatic rings. The number of hydrogen-bond donors (Lipinski definition) is 4. The lowest BCUT2D eigenvalue weighted by molar-refractivity contribution is -0.146. The van der Waals surface area contributed by atoms with Crippen molar-refractivity contribution in [3.05, 3.63) is 114 Å². The monoisotopic (exact) mass is 568 g/mol. The highest BCUT2D eigenvalue weighted by atomic mass is 16.5. The number of alkyl carbamates (subject to hydrolysis) is 1. The van der Waals surface area contributed by atoms with Crippen LogP contribution in [0.1, 0.15) is 35.2 Å². The summed E-state index contributed by atoms with van der Waals surface area (Å²) >= 11 is 0. The molecule has 3 aromatic carbocycles. The van der Waals surface area contributed by atoms with Crippen LogP contribution in [0.3, 0.4) is 0 Å². The van der Waals surface area contributed by atoms with E-state index in [0.29, 0.717) is 5.69 Å². The van der Waals surface area contributed by atoms with Gasteiger partial charge in [0.25, 0.3) is 0 Å². The Morgan fingerprint density at radius 3 is 2.19 bits per heavy atom. The van der Waals surface area contributed by atoms with Crippen molar-refractivity contribution in [2.24, 2.45) is 0 Å². The van der Waals surface area contributed by atoms with Gasteiger partial charge in [-0.05, 0) is 34.7 Å². The summed E-state index contributed by atoms with van der Waals surface area (Å²) in [6.45, 7) is 1.82. The molecule has 10 heteroatoms. The summed E-state index contributed by atoms with van der Waals surface area (Å²) in [5.41, 5.74) is 5.77. The number of carboxylic acids is 1. The Morgan fingerprint density at radius 2 is 1.57 bits per heavy atom. The van der Waals surface area contributed by atoms with E-state index in [1.165, 1.54) is 12.5 Å². The van der Waals surface area contributed by atoms with E-state index in [-0.39, 0.29) is 25.6 Å². The van der Waals surface area contributed by atoms with Gasteiger partial charge in [-0.25, -0.2) is 14.6 Å². The Bertz CT molecular complexity index is 1480. The van der Waals surface area contributed by atoms with E-state index in [0.717, 1.165) is 27.8 Å². The number of ether oxygens (including phenoxy) is 2. The summed E-state index contributed by atoms with van der Waals surface area (Å²) < 4.78 is 11.4. The lowest BCUT2D eigenvalue weighted by atomic mass is 9.98.